The first-order valence-corrected chi connectivity index (χ1v) is 4.26. The maximum absolute atomic E-state index is 8.83. The van der Waals surface area contributed by atoms with Gasteiger partial charge in [0, 0.05) is 0 Å². The Bertz CT molecular complexity index is 138. The Balaban J connectivity index is 2.19. The smallest absolute Gasteiger partial charge is 0.152 e. The lowest BCUT2D eigenvalue weighted by Gasteiger charge is -2.13. The summed E-state index contributed by atoms with van der Waals surface area (Å²) in [5.41, 5.74) is 1.34. The van der Waals surface area contributed by atoms with Gasteiger partial charge in [0.05, 0.1) is 6.61 Å². The molecule has 2 nitrogen and oxygen atoms in total. The van der Waals surface area contributed by atoms with Crippen molar-refractivity contribution in [2.24, 2.45) is 0 Å². The van der Waals surface area contributed by atoms with Crippen molar-refractivity contribution in [2.45, 2.75) is 38.9 Å². The van der Waals surface area contributed by atoms with Gasteiger partial charge < -0.3 is 9.84 Å². The molecule has 2 heteroatoms. The molecule has 0 aromatic carbocycles. The zero-order valence-electron chi connectivity index (χ0n) is 7.05. The molecular weight excluding hydrogens is 140 g/mol. The van der Waals surface area contributed by atoms with Crippen molar-refractivity contribution >= 4 is 0 Å². The van der Waals surface area contributed by atoms with E-state index < -0.39 is 6.29 Å². The van der Waals surface area contributed by atoms with Crippen LogP contribution in [0.15, 0.2) is 11.6 Å². The van der Waals surface area contributed by atoms with Gasteiger partial charge >= 0.3 is 0 Å². The largest absolute Gasteiger partial charge is 0.368 e. The van der Waals surface area contributed by atoms with Crippen LogP contribution in [0.5, 0.6) is 0 Å². The first-order chi connectivity index (χ1) is 5.29. The summed E-state index contributed by atoms with van der Waals surface area (Å²) in [5, 5.41) is 8.83. The lowest BCUT2D eigenvalue weighted by Crippen LogP contribution is -2.10. The fourth-order valence-electron chi connectivity index (χ4n) is 1.26. The van der Waals surface area contributed by atoms with Crippen LogP contribution >= 0.6 is 0 Å². The van der Waals surface area contributed by atoms with Gasteiger partial charge in [-0.15, -0.1) is 0 Å². The SMILES string of the molecule is CC(O)OCC1=CCCCC1. The van der Waals surface area contributed by atoms with Gasteiger partial charge in [0.1, 0.15) is 0 Å². The second-order valence-electron chi connectivity index (χ2n) is 3.02. The molecule has 0 saturated heterocycles. The molecule has 0 heterocycles. The predicted molar refractivity (Wildman–Crippen MR) is 44.2 cm³/mol. The minimum Gasteiger partial charge on any atom is -0.368 e. The van der Waals surface area contributed by atoms with Gasteiger partial charge in [-0.05, 0) is 38.2 Å². The molecule has 1 unspecified atom stereocenters. The van der Waals surface area contributed by atoms with E-state index in [1.807, 2.05) is 0 Å². The highest BCUT2D eigenvalue weighted by Gasteiger charge is 2.04. The second kappa shape index (κ2) is 4.52. The van der Waals surface area contributed by atoms with Crippen LogP contribution in [0.2, 0.25) is 0 Å². The highest BCUT2D eigenvalue weighted by atomic mass is 16.6. The van der Waals surface area contributed by atoms with Crippen molar-refractivity contribution < 1.29 is 9.84 Å². The molecule has 64 valence electrons. The highest BCUT2D eigenvalue weighted by molar-refractivity contribution is 5.05. The minimum atomic E-state index is -0.627. The van der Waals surface area contributed by atoms with Crippen molar-refractivity contribution in [3.05, 3.63) is 11.6 Å². The lowest BCUT2D eigenvalue weighted by molar-refractivity contribution is -0.0771. The Kier molecular flexibility index (Phi) is 3.60. The zero-order valence-corrected chi connectivity index (χ0v) is 7.05. The highest BCUT2D eigenvalue weighted by Crippen LogP contribution is 2.17. The molecular formula is C9H16O2. The fraction of sp³-hybridized carbons (Fsp3) is 0.778. The van der Waals surface area contributed by atoms with Crippen LogP contribution in [-0.2, 0) is 4.74 Å². The number of hydrogen-bond acceptors (Lipinski definition) is 2. The van der Waals surface area contributed by atoms with Crippen LogP contribution in [0.3, 0.4) is 0 Å². The minimum absolute atomic E-state index is 0.609. The number of ether oxygens (including phenoxy) is 1. The molecule has 1 aliphatic rings. The van der Waals surface area contributed by atoms with Gasteiger partial charge in [-0.25, -0.2) is 0 Å². The van der Waals surface area contributed by atoms with E-state index in [4.69, 9.17) is 9.84 Å². The molecule has 0 aromatic heterocycles. The number of allylic oxidation sites excluding steroid dienone is 1. The first kappa shape index (κ1) is 8.75. The van der Waals surface area contributed by atoms with Gasteiger partial charge in [-0.1, -0.05) is 6.08 Å². The second-order valence-corrected chi connectivity index (χ2v) is 3.02. The average molecular weight is 156 g/mol. The third-order valence-electron chi connectivity index (χ3n) is 1.89. The van der Waals surface area contributed by atoms with Crippen LogP contribution in [0, 0.1) is 0 Å². The molecule has 0 saturated carbocycles. The van der Waals surface area contributed by atoms with Gasteiger partial charge in [-0.2, -0.15) is 0 Å². The van der Waals surface area contributed by atoms with Crippen LogP contribution < -0.4 is 0 Å². The number of aliphatic hydroxyl groups is 1. The summed E-state index contributed by atoms with van der Waals surface area (Å²) in [6, 6.07) is 0. The van der Waals surface area contributed by atoms with E-state index in [2.05, 4.69) is 6.08 Å². The van der Waals surface area contributed by atoms with Gasteiger partial charge in [0.2, 0.25) is 0 Å². The standard InChI is InChI=1S/C9H16O2/c1-8(10)11-7-9-5-3-2-4-6-9/h5,8,10H,2-4,6-7H2,1H3. The van der Waals surface area contributed by atoms with E-state index in [1.165, 1.54) is 24.8 Å². The number of hydrogen-bond donors (Lipinski definition) is 1. The summed E-state index contributed by atoms with van der Waals surface area (Å²) in [6.07, 6.45) is 6.50. The summed E-state index contributed by atoms with van der Waals surface area (Å²) in [6.45, 7) is 2.25. The van der Waals surface area contributed by atoms with Crippen molar-refractivity contribution in [3.63, 3.8) is 0 Å². The van der Waals surface area contributed by atoms with Crippen molar-refractivity contribution in [1.29, 1.82) is 0 Å². The van der Waals surface area contributed by atoms with Gasteiger partial charge in [0.15, 0.2) is 6.29 Å². The van der Waals surface area contributed by atoms with Crippen LogP contribution in [-0.4, -0.2) is 18.0 Å². The molecule has 0 radical (unpaired) electrons. The molecule has 0 aromatic rings. The van der Waals surface area contributed by atoms with E-state index >= 15 is 0 Å². The van der Waals surface area contributed by atoms with Crippen molar-refractivity contribution in [2.75, 3.05) is 6.61 Å². The zero-order chi connectivity index (χ0) is 8.10. The molecule has 1 rings (SSSR count). The molecule has 0 aliphatic heterocycles. The van der Waals surface area contributed by atoms with E-state index in [0.29, 0.717) is 6.61 Å². The molecule has 0 amide bonds. The molecule has 1 atom stereocenters. The average Bonchev–Trinajstić information content (AvgIpc) is 2.03. The maximum atomic E-state index is 8.83. The molecule has 0 bridgehead atoms. The fourth-order valence-corrected chi connectivity index (χ4v) is 1.26. The van der Waals surface area contributed by atoms with Crippen LogP contribution in [0.1, 0.15) is 32.6 Å². The number of aliphatic hydroxyl groups excluding tert-OH is 1. The molecule has 1 aliphatic carbocycles. The normalized spacial score (nSPS) is 21.1. The Morgan fingerprint density at radius 3 is 3.00 bits per heavy atom. The van der Waals surface area contributed by atoms with Crippen LogP contribution in [0.4, 0.5) is 0 Å². The Labute approximate surface area is 67.9 Å². The number of rotatable bonds is 3. The molecule has 0 fully saturated rings. The third kappa shape index (κ3) is 3.54. The first-order valence-electron chi connectivity index (χ1n) is 4.26. The van der Waals surface area contributed by atoms with E-state index in [0.717, 1.165) is 6.42 Å². The van der Waals surface area contributed by atoms with Crippen molar-refractivity contribution in [1.82, 2.24) is 0 Å². The van der Waals surface area contributed by atoms with Gasteiger partial charge in [-0.3, -0.25) is 0 Å². The quantitative estimate of drug-likeness (QED) is 0.499. The lowest BCUT2D eigenvalue weighted by atomic mass is 10.0. The molecule has 1 N–H and O–H groups in total. The maximum Gasteiger partial charge on any atom is 0.152 e. The summed E-state index contributed by atoms with van der Waals surface area (Å²) in [5.74, 6) is 0. The Morgan fingerprint density at radius 2 is 2.45 bits per heavy atom. The van der Waals surface area contributed by atoms with E-state index in [-0.39, 0.29) is 0 Å². The molecule has 0 spiro atoms. The molecule has 11 heavy (non-hydrogen) atoms. The van der Waals surface area contributed by atoms with Crippen molar-refractivity contribution in [3.8, 4) is 0 Å². The summed E-state index contributed by atoms with van der Waals surface area (Å²) < 4.78 is 5.07. The third-order valence-corrected chi connectivity index (χ3v) is 1.89. The summed E-state index contributed by atoms with van der Waals surface area (Å²) in [4.78, 5) is 0. The summed E-state index contributed by atoms with van der Waals surface area (Å²) >= 11 is 0. The Morgan fingerprint density at radius 1 is 1.64 bits per heavy atom. The Hall–Kier alpha value is -0.340. The van der Waals surface area contributed by atoms with E-state index in [9.17, 15) is 0 Å². The monoisotopic (exact) mass is 156 g/mol. The van der Waals surface area contributed by atoms with E-state index in [1.54, 1.807) is 6.92 Å². The topological polar surface area (TPSA) is 29.5 Å². The van der Waals surface area contributed by atoms with Crippen LogP contribution in [0.25, 0.3) is 0 Å². The van der Waals surface area contributed by atoms with Gasteiger partial charge in [0.25, 0.3) is 0 Å². The summed E-state index contributed by atoms with van der Waals surface area (Å²) in [7, 11) is 0. The predicted octanol–water partition coefficient (Wildman–Crippen LogP) is 1.84.